The Bertz CT molecular complexity index is 1530. The minimum absolute atomic E-state index is 0.196. The Hall–Kier alpha value is -4.82. The number of benzene rings is 4. The second kappa shape index (κ2) is 11.5. The van der Waals surface area contributed by atoms with Crippen molar-refractivity contribution in [2.75, 3.05) is 4.90 Å². The number of anilines is 1. The predicted octanol–water partition coefficient (Wildman–Crippen LogP) is 7.85. The van der Waals surface area contributed by atoms with Crippen LogP contribution in [0.25, 0.3) is 0 Å². The van der Waals surface area contributed by atoms with Crippen LogP contribution < -0.4 is 9.64 Å². The fraction of sp³-hybridized carbons (Fsp3) is 0.121. The summed E-state index contributed by atoms with van der Waals surface area (Å²) in [7, 11) is 0. The average molecular weight is 502 g/mol. The highest BCUT2D eigenvalue weighted by molar-refractivity contribution is 5.51. The summed E-state index contributed by atoms with van der Waals surface area (Å²) in [6.07, 6.45) is 2.07. The molecule has 1 heterocycles. The molecule has 0 N–H and O–H groups in total. The maximum Gasteiger partial charge on any atom is 0.127 e. The topological polar surface area (TPSA) is 41.2 Å². The largest absolute Gasteiger partial charge is 0.457 e. The van der Waals surface area contributed by atoms with Gasteiger partial charge in [-0.25, -0.2) is 4.39 Å². The van der Waals surface area contributed by atoms with Crippen LogP contribution in [0, 0.1) is 24.1 Å². The van der Waals surface area contributed by atoms with E-state index in [4.69, 9.17) is 10.00 Å². The molecule has 0 saturated heterocycles. The van der Waals surface area contributed by atoms with Gasteiger partial charge in [0.25, 0.3) is 0 Å². The van der Waals surface area contributed by atoms with Crippen LogP contribution in [0.3, 0.4) is 0 Å². The van der Waals surface area contributed by atoms with Gasteiger partial charge in [-0.05, 0) is 90.3 Å². The molecular formula is C33H28FN3O. The Morgan fingerprint density at radius 3 is 2.26 bits per heavy atom. The molecule has 5 rings (SSSR count). The Labute approximate surface area is 222 Å². The zero-order chi connectivity index (χ0) is 26.3. The van der Waals surface area contributed by atoms with Crippen molar-refractivity contribution in [3.8, 4) is 17.6 Å². The van der Waals surface area contributed by atoms with E-state index in [1.807, 2.05) is 97.9 Å². The van der Waals surface area contributed by atoms with Crippen LogP contribution in [0.15, 0.2) is 115 Å². The SMILES string of the molecule is Cc1c(F)cccc1CN(Cc1cccn1Cc1ccc(C#N)cc1)c1ccc(Oc2ccccc2)cc1. The fourth-order valence-corrected chi connectivity index (χ4v) is 4.44. The molecule has 0 bridgehead atoms. The number of nitrogens with zero attached hydrogens (tertiary/aromatic N) is 3. The van der Waals surface area contributed by atoms with Crippen molar-refractivity contribution in [2.45, 2.75) is 26.6 Å². The van der Waals surface area contributed by atoms with Crippen molar-refractivity contribution in [3.05, 3.63) is 149 Å². The van der Waals surface area contributed by atoms with Gasteiger partial charge in [0.2, 0.25) is 0 Å². The highest BCUT2D eigenvalue weighted by Gasteiger charge is 2.14. The Kier molecular flexibility index (Phi) is 7.52. The van der Waals surface area contributed by atoms with E-state index in [1.54, 1.807) is 6.07 Å². The Balaban J connectivity index is 1.41. The van der Waals surface area contributed by atoms with Crippen molar-refractivity contribution < 1.29 is 9.13 Å². The number of hydrogen-bond donors (Lipinski definition) is 0. The van der Waals surface area contributed by atoms with Crippen molar-refractivity contribution in [2.24, 2.45) is 0 Å². The molecule has 0 saturated carbocycles. The number of para-hydroxylation sites is 1. The van der Waals surface area contributed by atoms with Gasteiger partial charge < -0.3 is 14.2 Å². The summed E-state index contributed by atoms with van der Waals surface area (Å²) in [5.41, 5.74) is 5.52. The Morgan fingerprint density at radius 1 is 0.789 bits per heavy atom. The quantitative estimate of drug-likeness (QED) is 0.206. The third-order valence-corrected chi connectivity index (χ3v) is 6.63. The lowest BCUT2D eigenvalue weighted by Crippen LogP contribution is -2.24. The number of halogens is 1. The van der Waals surface area contributed by atoms with Gasteiger partial charge >= 0.3 is 0 Å². The third-order valence-electron chi connectivity index (χ3n) is 6.63. The lowest BCUT2D eigenvalue weighted by atomic mass is 10.1. The first kappa shape index (κ1) is 24.9. The highest BCUT2D eigenvalue weighted by Crippen LogP contribution is 2.27. The molecular weight excluding hydrogens is 473 g/mol. The van der Waals surface area contributed by atoms with E-state index in [-0.39, 0.29) is 5.82 Å². The van der Waals surface area contributed by atoms with E-state index < -0.39 is 0 Å². The molecule has 5 aromatic rings. The lowest BCUT2D eigenvalue weighted by Gasteiger charge is -2.27. The highest BCUT2D eigenvalue weighted by atomic mass is 19.1. The first-order chi connectivity index (χ1) is 18.6. The molecule has 1 aromatic heterocycles. The molecule has 0 radical (unpaired) electrons. The van der Waals surface area contributed by atoms with Gasteiger partial charge in [-0.15, -0.1) is 0 Å². The van der Waals surface area contributed by atoms with Crippen LogP contribution in [0.4, 0.5) is 10.1 Å². The van der Waals surface area contributed by atoms with Crippen LogP contribution in [-0.2, 0) is 19.6 Å². The molecule has 0 amide bonds. The zero-order valence-corrected chi connectivity index (χ0v) is 21.2. The van der Waals surface area contributed by atoms with Gasteiger partial charge in [0.05, 0.1) is 18.2 Å². The molecule has 38 heavy (non-hydrogen) atoms. The van der Waals surface area contributed by atoms with Crippen LogP contribution in [-0.4, -0.2) is 4.57 Å². The third kappa shape index (κ3) is 5.93. The van der Waals surface area contributed by atoms with Gasteiger partial charge in [-0.1, -0.05) is 42.5 Å². The maximum atomic E-state index is 14.4. The summed E-state index contributed by atoms with van der Waals surface area (Å²) in [5, 5.41) is 9.09. The van der Waals surface area contributed by atoms with E-state index in [2.05, 4.69) is 27.8 Å². The summed E-state index contributed by atoms with van der Waals surface area (Å²) in [6.45, 7) is 3.72. The molecule has 0 aliphatic rings. The maximum absolute atomic E-state index is 14.4. The summed E-state index contributed by atoms with van der Waals surface area (Å²) < 4.78 is 22.6. The van der Waals surface area contributed by atoms with Gasteiger partial charge in [0.15, 0.2) is 0 Å². The first-order valence-corrected chi connectivity index (χ1v) is 12.5. The fourth-order valence-electron chi connectivity index (χ4n) is 4.44. The number of aromatic nitrogens is 1. The molecule has 0 aliphatic heterocycles. The predicted molar refractivity (Wildman–Crippen MR) is 149 cm³/mol. The molecule has 0 fully saturated rings. The molecule has 188 valence electrons. The second-order valence-electron chi connectivity index (χ2n) is 9.23. The minimum Gasteiger partial charge on any atom is -0.457 e. The molecule has 4 aromatic carbocycles. The van der Waals surface area contributed by atoms with Gasteiger partial charge in [-0.3, -0.25) is 0 Å². The zero-order valence-electron chi connectivity index (χ0n) is 21.2. The number of nitriles is 1. The van der Waals surface area contributed by atoms with Crippen molar-refractivity contribution >= 4 is 5.69 Å². The molecule has 4 nitrogen and oxygen atoms in total. The minimum atomic E-state index is -0.196. The van der Waals surface area contributed by atoms with Crippen LogP contribution in [0.1, 0.15) is 27.9 Å². The number of rotatable bonds is 9. The van der Waals surface area contributed by atoms with Crippen molar-refractivity contribution in [1.82, 2.24) is 4.57 Å². The molecule has 5 heteroatoms. The molecule has 0 atom stereocenters. The first-order valence-electron chi connectivity index (χ1n) is 12.5. The second-order valence-corrected chi connectivity index (χ2v) is 9.23. The molecule has 0 unspecified atom stereocenters. The monoisotopic (exact) mass is 501 g/mol. The van der Waals surface area contributed by atoms with Gasteiger partial charge in [-0.2, -0.15) is 5.26 Å². The van der Waals surface area contributed by atoms with Crippen LogP contribution in [0.5, 0.6) is 11.5 Å². The average Bonchev–Trinajstić information content (AvgIpc) is 3.38. The van der Waals surface area contributed by atoms with Crippen LogP contribution >= 0.6 is 0 Å². The summed E-state index contributed by atoms with van der Waals surface area (Å²) in [5.74, 6) is 1.34. The van der Waals surface area contributed by atoms with E-state index in [1.165, 1.54) is 6.07 Å². The Morgan fingerprint density at radius 2 is 1.53 bits per heavy atom. The standard InChI is InChI=1S/C33H28FN3O/c1-25-28(7-5-11-33(25)34)23-37(29-16-18-32(19-17-29)38-31-9-3-2-4-10-31)24-30-8-6-20-36(30)22-27-14-12-26(21-35)13-15-27/h2-20H,22-24H2,1H3. The lowest BCUT2D eigenvalue weighted by molar-refractivity contribution is 0.482. The van der Waals surface area contributed by atoms with E-state index in [0.717, 1.165) is 34.0 Å². The van der Waals surface area contributed by atoms with Crippen molar-refractivity contribution in [1.29, 1.82) is 5.26 Å². The summed E-state index contributed by atoms with van der Waals surface area (Å²) >= 11 is 0. The number of hydrogen-bond acceptors (Lipinski definition) is 3. The summed E-state index contributed by atoms with van der Waals surface area (Å²) in [6, 6.07) is 36.9. The molecule has 0 spiro atoms. The normalized spacial score (nSPS) is 10.7. The van der Waals surface area contributed by atoms with Gasteiger partial charge in [0, 0.05) is 30.7 Å². The van der Waals surface area contributed by atoms with Crippen LogP contribution in [0.2, 0.25) is 0 Å². The van der Waals surface area contributed by atoms with Gasteiger partial charge in [0.1, 0.15) is 17.3 Å². The number of ether oxygens (including phenoxy) is 1. The summed E-state index contributed by atoms with van der Waals surface area (Å²) in [4.78, 5) is 2.25. The van der Waals surface area contributed by atoms with E-state index in [0.29, 0.717) is 30.8 Å². The van der Waals surface area contributed by atoms with E-state index in [9.17, 15) is 4.39 Å². The van der Waals surface area contributed by atoms with E-state index >= 15 is 0 Å². The molecule has 0 aliphatic carbocycles. The smallest absolute Gasteiger partial charge is 0.127 e. The van der Waals surface area contributed by atoms with Crippen molar-refractivity contribution in [3.63, 3.8) is 0 Å².